The summed E-state index contributed by atoms with van der Waals surface area (Å²) in [7, 11) is 2.93. The monoisotopic (exact) mass is 409 g/mol. The summed E-state index contributed by atoms with van der Waals surface area (Å²) in [5.74, 6) is -0.369. The third-order valence-corrected chi connectivity index (χ3v) is 4.92. The van der Waals surface area contributed by atoms with Crippen LogP contribution < -0.4 is 9.47 Å². The van der Waals surface area contributed by atoms with Gasteiger partial charge < -0.3 is 28.3 Å². The number of ketones is 1. The van der Waals surface area contributed by atoms with Gasteiger partial charge in [0.15, 0.2) is 0 Å². The normalized spacial score (nSPS) is 18.1. The van der Waals surface area contributed by atoms with E-state index in [0.717, 1.165) is 0 Å². The number of Topliss-reactive ketones (excluding diaryl/α,β-unsaturated/α-hetero) is 1. The van der Waals surface area contributed by atoms with E-state index in [9.17, 15) is 14.7 Å². The SMILES string of the molecule is COc1ccc(OC)c(/C(O)=C2/C(=O)C(=O)N(Cc3ccco3)C2c2ccco2)c1. The van der Waals surface area contributed by atoms with Crippen molar-refractivity contribution < 1.29 is 33.0 Å². The first-order valence-corrected chi connectivity index (χ1v) is 9.11. The van der Waals surface area contributed by atoms with Crippen molar-refractivity contribution in [2.45, 2.75) is 12.6 Å². The number of amides is 1. The van der Waals surface area contributed by atoms with Gasteiger partial charge in [-0.1, -0.05) is 0 Å². The van der Waals surface area contributed by atoms with Crippen molar-refractivity contribution >= 4 is 17.4 Å². The van der Waals surface area contributed by atoms with E-state index in [-0.39, 0.29) is 23.4 Å². The van der Waals surface area contributed by atoms with Crippen LogP contribution in [0.4, 0.5) is 0 Å². The molecule has 1 aliphatic rings. The maximum atomic E-state index is 13.0. The fourth-order valence-corrected chi connectivity index (χ4v) is 3.50. The Kier molecular flexibility index (Phi) is 5.05. The van der Waals surface area contributed by atoms with Crippen molar-refractivity contribution in [1.29, 1.82) is 0 Å². The maximum absolute atomic E-state index is 13.0. The largest absolute Gasteiger partial charge is 0.507 e. The molecule has 1 aliphatic heterocycles. The lowest BCUT2D eigenvalue weighted by Gasteiger charge is -2.22. The average molecular weight is 409 g/mol. The topological polar surface area (TPSA) is 102 Å². The van der Waals surface area contributed by atoms with Crippen LogP contribution in [0.3, 0.4) is 0 Å². The summed E-state index contributed by atoms with van der Waals surface area (Å²) in [4.78, 5) is 27.1. The molecular weight excluding hydrogens is 390 g/mol. The number of carbonyl (C=O) groups is 2. The molecule has 30 heavy (non-hydrogen) atoms. The third kappa shape index (κ3) is 3.22. The molecule has 1 unspecified atom stereocenters. The zero-order valence-corrected chi connectivity index (χ0v) is 16.3. The second-order valence-corrected chi connectivity index (χ2v) is 6.59. The van der Waals surface area contributed by atoms with Crippen LogP contribution in [-0.4, -0.2) is 35.9 Å². The van der Waals surface area contributed by atoms with Gasteiger partial charge in [0.1, 0.15) is 34.8 Å². The molecule has 1 atom stereocenters. The van der Waals surface area contributed by atoms with Crippen molar-refractivity contribution in [3.05, 3.63) is 77.6 Å². The number of aliphatic hydroxyl groups excluding tert-OH is 1. The minimum absolute atomic E-state index is 0.0367. The van der Waals surface area contributed by atoms with Gasteiger partial charge in [0.05, 0.1) is 44.4 Å². The highest BCUT2D eigenvalue weighted by Crippen LogP contribution is 2.42. The van der Waals surface area contributed by atoms with Gasteiger partial charge in [-0.25, -0.2) is 0 Å². The first-order valence-electron chi connectivity index (χ1n) is 9.11. The molecule has 1 fully saturated rings. The molecule has 0 radical (unpaired) electrons. The van der Waals surface area contributed by atoms with Crippen molar-refractivity contribution in [3.8, 4) is 11.5 Å². The van der Waals surface area contributed by atoms with Crippen molar-refractivity contribution in [3.63, 3.8) is 0 Å². The number of furan rings is 2. The van der Waals surface area contributed by atoms with Crippen LogP contribution in [0.15, 0.2) is 69.4 Å². The average Bonchev–Trinajstić information content (AvgIpc) is 3.52. The van der Waals surface area contributed by atoms with E-state index in [1.807, 2.05) is 0 Å². The van der Waals surface area contributed by atoms with Gasteiger partial charge in [0.25, 0.3) is 11.7 Å². The minimum atomic E-state index is -0.930. The Morgan fingerprint density at radius 1 is 1.07 bits per heavy atom. The number of ether oxygens (including phenoxy) is 2. The van der Waals surface area contributed by atoms with Crippen LogP contribution in [0.1, 0.15) is 23.1 Å². The Bertz CT molecular complexity index is 1100. The Morgan fingerprint density at radius 2 is 1.83 bits per heavy atom. The molecule has 0 bridgehead atoms. The van der Waals surface area contributed by atoms with Gasteiger partial charge >= 0.3 is 0 Å². The zero-order valence-electron chi connectivity index (χ0n) is 16.3. The first kappa shape index (κ1) is 19.4. The van der Waals surface area contributed by atoms with Gasteiger partial charge in [0, 0.05) is 0 Å². The van der Waals surface area contributed by atoms with Crippen LogP contribution in [0.25, 0.3) is 5.76 Å². The van der Waals surface area contributed by atoms with Gasteiger partial charge in [-0.15, -0.1) is 0 Å². The van der Waals surface area contributed by atoms with Crippen LogP contribution in [0, 0.1) is 0 Å². The Balaban J connectivity index is 1.88. The second kappa shape index (κ2) is 7.82. The lowest BCUT2D eigenvalue weighted by Crippen LogP contribution is -2.28. The predicted molar refractivity (Wildman–Crippen MR) is 105 cm³/mol. The molecule has 8 nitrogen and oxygen atoms in total. The van der Waals surface area contributed by atoms with E-state index in [1.165, 1.54) is 37.7 Å². The number of hydrogen-bond donors (Lipinski definition) is 1. The summed E-state index contributed by atoms with van der Waals surface area (Å²) < 4.78 is 21.4. The van der Waals surface area contributed by atoms with Crippen LogP contribution >= 0.6 is 0 Å². The smallest absolute Gasteiger partial charge is 0.296 e. The molecule has 154 valence electrons. The summed E-state index contributed by atoms with van der Waals surface area (Å²) in [6, 6.07) is 10.5. The molecule has 4 rings (SSSR count). The van der Waals surface area contributed by atoms with E-state index < -0.39 is 17.7 Å². The Morgan fingerprint density at radius 3 is 2.47 bits per heavy atom. The van der Waals surface area contributed by atoms with E-state index >= 15 is 0 Å². The van der Waals surface area contributed by atoms with Gasteiger partial charge in [-0.2, -0.15) is 0 Å². The van der Waals surface area contributed by atoms with Gasteiger partial charge in [0.2, 0.25) is 0 Å². The fourth-order valence-electron chi connectivity index (χ4n) is 3.50. The van der Waals surface area contributed by atoms with E-state index in [0.29, 0.717) is 23.0 Å². The highest BCUT2D eigenvalue weighted by Gasteiger charge is 2.48. The Hall–Kier alpha value is -3.94. The second-order valence-electron chi connectivity index (χ2n) is 6.59. The number of carbonyl (C=O) groups excluding carboxylic acids is 2. The minimum Gasteiger partial charge on any atom is -0.507 e. The van der Waals surface area contributed by atoms with Crippen molar-refractivity contribution in [2.24, 2.45) is 0 Å². The first-order chi connectivity index (χ1) is 14.5. The Labute approximate surface area is 171 Å². The van der Waals surface area contributed by atoms with E-state index in [4.69, 9.17) is 18.3 Å². The third-order valence-electron chi connectivity index (χ3n) is 4.92. The van der Waals surface area contributed by atoms with Crippen LogP contribution in [0.5, 0.6) is 11.5 Å². The van der Waals surface area contributed by atoms with Crippen molar-refractivity contribution in [2.75, 3.05) is 14.2 Å². The lowest BCUT2D eigenvalue weighted by molar-refractivity contribution is -0.140. The number of hydrogen-bond acceptors (Lipinski definition) is 7. The molecule has 0 aliphatic carbocycles. The number of methoxy groups -OCH3 is 2. The molecule has 3 aromatic rings. The number of benzene rings is 1. The molecule has 1 saturated heterocycles. The molecular formula is C22H19NO7. The van der Waals surface area contributed by atoms with Crippen LogP contribution in [0.2, 0.25) is 0 Å². The lowest BCUT2D eigenvalue weighted by atomic mass is 9.98. The molecule has 0 spiro atoms. The highest BCUT2D eigenvalue weighted by atomic mass is 16.5. The number of likely N-dealkylation sites (tertiary alicyclic amines) is 1. The zero-order chi connectivity index (χ0) is 21.3. The number of aliphatic hydroxyl groups is 1. The molecule has 8 heteroatoms. The summed E-state index contributed by atoms with van der Waals surface area (Å²) >= 11 is 0. The summed E-state index contributed by atoms with van der Waals surface area (Å²) in [6.07, 6.45) is 2.92. The summed E-state index contributed by atoms with van der Waals surface area (Å²) in [5.41, 5.74) is 0.123. The standard InChI is InChI=1S/C22H19NO7/c1-27-13-7-8-16(28-2)15(11-13)20(24)18-19(17-6-4-10-30-17)23(22(26)21(18)25)12-14-5-3-9-29-14/h3-11,19,24H,12H2,1-2H3/b20-18-. The summed E-state index contributed by atoms with van der Waals surface area (Å²) in [5, 5.41) is 11.1. The predicted octanol–water partition coefficient (Wildman–Crippen LogP) is 3.51. The molecule has 1 amide bonds. The molecule has 0 saturated carbocycles. The quantitative estimate of drug-likeness (QED) is 0.378. The number of rotatable bonds is 6. The van der Waals surface area contributed by atoms with Gasteiger partial charge in [-0.05, 0) is 42.5 Å². The molecule has 1 aromatic carbocycles. The maximum Gasteiger partial charge on any atom is 0.296 e. The van der Waals surface area contributed by atoms with Gasteiger partial charge in [-0.3, -0.25) is 9.59 Å². The number of nitrogens with zero attached hydrogens (tertiary/aromatic N) is 1. The van der Waals surface area contributed by atoms with Crippen LogP contribution in [-0.2, 0) is 16.1 Å². The van der Waals surface area contributed by atoms with E-state index in [2.05, 4.69) is 0 Å². The molecule has 2 aromatic heterocycles. The summed E-state index contributed by atoms with van der Waals surface area (Å²) in [6.45, 7) is 0.0367. The highest BCUT2D eigenvalue weighted by molar-refractivity contribution is 6.46. The molecule has 1 N–H and O–H groups in total. The molecule has 3 heterocycles. The van der Waals surface area contributed by atoms with E-state index in [1.54, 1.807) is 36.4 Å². The fraction of sp³-hybridized carbons (Fsp3) is 0.182. The van der Waals surface area contributed by atoms with Crippen molar-refractivity contribution in [1.82, 2.24) is 4.90 Å².